The quantitative estimate of drug-likeness (QED) is 0.759. The molecule has 1 saturated carbocycles. The summed E-state index contributed by atoms with van der Waals surface area (Å²) >= 11 is 3.44. The van der Waals surface area contributed by atoms with E-state index in [0.29, 0.717) is 5.76 Å². The molecule has 1 aliphatic carbocycles. The van der Waals surface area contributed by atoms with E-state index < -0.39 is 0 Å². The topological polar surface area (TPSA) is 30.2 Å². The van der Waals surface area contributed by atoms with Crippen LogP contribution in [0.1, 0.15) is 36.2 Å². The lowest BCUT2D eigenvalue weighted by atomic mass is 10.0. The zero-order valence-corrected chi connectivity index (χ0v) is 11.0. The minimum atomic E-state index is 0.172. The average Bonchev–Trinajstić information content (AvgIpc) is 2.98. The van der Waals surface area contributed by atoms with Crippen molar-refractivity contribution in [2.45, 2.75) is 25.7 Å². The molecule has 0 bridgehead atoms. The minimum Gasteiger partial charge on any atom is -0.452 e. The number of para-hydroxylation sites is 1. The summed E-state index contributed by atoms with van der Waals surface area (Å²) < 4.78 is 6.58. The van der Waals surface area contributed by atoms with E-state index in [2.05, 4.69) is 15.9 Å². The number of hydrogen-bond acceptors (Lipinski definition) is 2. The summed E-state index contributed by atoms with van der Waals surface area (Å²) in [6.07, 6.45) is 4.36. The summed E-state index contributed by atoms with van der Waals surface area (Å²) in [5, 5.41) is 0.987. The molecule has 88 valence electrons. The molecule has 0 aliphatic heterocycles. The highest BCUT2D eigenvalue weighted by Gasteiger charge is 2.26. The first-order valence-corrected chi connectivity index (χ1v) is 6.77. The van der Waals surface area contributed by atoms with Crippen LogP contribution in [0.3, 0.4) is 0 Å². The molecule has 0 unspecified atom stereocenters. The van der Waals surface area contributed by atoms with Crippen LogP contribution in [0.4, 0.5) is 0 Å². The Morgan fingerprint density at radius 1 is 1.29 bits per heavy atom. The second kappa shape index (κ2) is 4.30. The fourth-order valence-corrected chi connectivity index (χ4v) is 3.00. The van der Waals surface area contributed by atoms with Gasteiger partial charge in [0.1, 0.15) is 5.58 Å². The maximum absolute atomic E-state index is 12.2. The first-order chi connectivity index (χ1) is 8.25. The van der Waals surface area contributed by atoms with Gasteiger partial charge in [-0.3, -0.25) is 4.79 Å². The predicted molar refractivity (Wildman–Crippen MR) is 70.2 cm³/mol. The van der Waals surface area contributed by atoms with E-state index in [-0.39, 0.29) is 11.7 Å². The van der Waals surface area contributed by atoms with E-state index in [4.69, 9.17) is 4.42 Å². The van der Waals surface area contributed by atoms with E-state index in [9.17, 15) is 4.79 Å². The molecular weight excluding hydrogens is 280 g/mol. The molecular formula is C14H13BrO2. The Bertz CT molecular complexity index is 565. The molecule has 1 heterocycles. The third-order valence-electron chi connectivity index (χ3n) is 3.46. The molecule has 1 fully saturated rings. The van der Waals surface area contributed by atoms with E-state index in [1.54, 1.807) is 0 Å². The number of benzene rings is 1. The molecule has 17 heavy (non-hydrogen) atoms. The fraction of sp³-hybridized carbons (Fsp3) is 0.357. The zero-order valence-electron chi connectivity index (χ0n) is 9.41. The Hall–Kier alpha value is -1.09. The molecule has 1 aliphatic rings. The molecule has 1 aromatic heterocycles. The Morgan fingerprint density at radius 2 is 2.06 bits per heavy atom. The second-order valence-corrected chi connectivity index (χ2v) is 5.47. The van der Waals surface area contributed by atoms with Crippen LogP contribution in [0.5, 0.6) is 0 Å². The van der Waals surface area contributed by atoms with Crippen LogP contribution < -0.4 is 0 Å². The van der Waals surface area contributed by atoms with Crippen molar-refractivity contribution in [2.24, 2.45) is 5.92 Å². The van der Waals surface area contributed by atoms with Crippen LogP contribution in [0, 0.1) is 5.92 Å². The summed E-state index contributed by atoms with van der Waals surface area (Å²) in [5.41, 5.74) is 0.772. The number of carbonyl (C=O) groups excluding carboxylic acids is 1. The molecule has 0 amide bonds. The van der Waals surface area contributed by atoms with Gasteiger partial charge in [0.15, 0.2) is 5.76 Å². The molecule has 3 heteroatoms. The number of halogens is 1. The molecule has 0 atom stereocenters. The number of Topliss-reactive ketones (excluding diaryl/α,β-unsaturated/α-hetero) is 1. The van der Waals surface area contributed by atoms with Crippen LogP contribution in [0.2, 0.25) is 0 Å². The Balaban J connectivity index is 2.00. The normalized spacial score (nSPS) is 16.8. The molecule has 3 rings (SSSR count). The number of ketones is 1. The van der Waals surface area contributed by atoms with Crippen LogP contribution in [-0.2, 0) is 0 Å². The summed E-state index contributed by atoms with van der Waals surface area (Å²) in [6.45, 7) is 0. The zero-order chi connectivity index (χ0) is 11.8. The standard InChI is InChI=1S/C14H13BrO2/c15-11-7-3-6-10-8-12(17-14(10)11)13(16)9-4-1-2-5-9/h3,6-9H,1-2,4-5H2. The van der Waals surface area contributed by atoms with Crippen LogP contribution in [0.15, 0.2) is 33.2 Å². The third kappa shape index (κ3) is 1.93. The highest BCUT2D eigenvalue weighted by molar-refractivity contribution is 9.10. The van der Waals surface area contributed by atoms with Gasteiger partial charge in [-0.05, 0) is 40.9 Å². The van der Waals surface area contributed by atoms with Crippen LogP contribution in [-0.4, -0.2) is 5.78 Å². The van der Waals surface area contributed by atoms with E-state index >= 15 is 0 Å². The van der Waals surface area contributed by atoms with Crippen LogP contribution in [0.25, 0.3) is 11.0 Å². The minimum absolute atomic E-state index is 0.172. The number of hydrogen-bond donors (Lipinski definition) is 0. The van der Waals surface area contributed by atoms with E-state index in [0.717, 1.165) is 28.3 Å². The molecule has 0 radical (unpaired) electrons. The Labute approximate surface area is 108 Å². The fourth-order valence-electron chi connectivity index (χ4n) is 2.54. The molecule has 0 spiro atoms. The van der Waals surface area contributed by atoms with Crippen molar-refractivity contribution < 1.29 is 9.21 Å². The van der Waals surface area contributed by atoms with Gasteiger partial charge in [0.25, 0.3) is 0 Å². The summed E-state index contributed by atoms with van der Waals surface area (Å²) in [4.78, 5) is 12.2. The summed E-state index contributed by atoms with van der Waals surface area (Å²) in [7, 11) is 0. The molecule has 0 saturated heterocycles. The van der Waals surface area contributed by atoms with Crippen LogP contribution >= 0.6 is 15.9 Å². The van der Waals surface area contributed by atoms with E-state index in [1.165, 1.54) is 12.8 Å². The van der Waals surface area contributed by atoms with Gasteiger partial charge >= 0.3 is 0 Å². The number of fused-ring (bicyclic) bond motifs is 1. The largest absolute Gasteiger partial charge is 0.452 e. The maximum atomic E-state index is 12.2. The maximum Gasteiger partial charge on any atom is 0.201 e. The Morgan fingerprint density at radius 3 is 2.76 bits per heavy atom. The van der Waals surface area contributed by atoms with Crippen molar-refractivity contribution in [3.63, 3.8) is 0 Å². The first-order valence-electron chi connectivity index (χ1n) is 5.98. The van der Waals surface area contributed by atoms with Crippen molar-refractivity contribution in [3.05, 3.63) is 34.5 Å². The lowest BCUT2D eigenvalue weighted by Crippen LogP contribution is -2.09. The van der Waals surface area contributed by atoms with Gasteiger partial charge < -0.3 is 4.42 Å². The molecule has 1 aromatic carbocycles. The average molecular weight is 293 g/mol. The third-order valence-corrected chi connectivity index (χ3v) is 4.09. The van der Waals surface area contributed by atoms with Gasteiger partial charge in [0, 0.05) is 11.3 Å². The highest BCUT2D eigenvalue weighted by atomic mass is 79.9. The Kier molecular flexibility index (Phi) is 2.79. The number of furan rings is 1. The van der Waals surface area contributed by atoms with Gasteiger partial charge in [-0.2, -0.15) is 0 Å². The summed E-state index contributed by atoms with van der Waals surface area (Å²) in [6, 6.07) is 7.71. The first kappa shape index (κ1) is 11.0. The van der Waals surface area contributed by atoms with E-state index in [1.807, 2.05) is 24.3 Å². The molecule has 2 nitrogen and oxygen atoms in total. The lowest BCUT2D eigenvalue weighted by molar-refractivity contribution is 0.0896. The van der Waals surface area contributed by atoms with Gasteiger partial charge in [-0.25, -0.2) is 0 Å². The predicted octanol–water partition coefficient (Wildman–Crippen LogP) is 4.57. The monoisotopic (exact) mass is 292 g/mol. The van der Waals surface area contributed by atoms with Crippen molar-refractivity contribution in [2.75, 3.05) is 0 Å². The molecule has 0 N–H and O–H groups in total. The number of carbonyl (C=O) groups is 1. The van der Waals surface area contributed by atoms with Gasteiger partial charge in [0.2, 0.25) is 5.78 Å². The molecule has 2 aromatic rings. The highest BCUT2D eigenvalue weighted by Crippen LogP contribution is 2.32. The van der Waals surface area contributed by atoms with Crippen molar-refractivity contribution in [3.8, 4) is 0 Å². The van der Waals surface area contributed by atoms with Gasteiger partial charge in [-0.1, -0.05) is 25.0 Å². The van der Waals surface area contributed by atoms with Crippen molar-refractivity contribution in [1.29, 1.82) is 0 Å². The van der Waals surface area contributed by atoms with Crippen molar-refractivity contribution in [1.82, 2.24) is 0 Å². The second-order valence-electron chi connectivity index (χ2n) is 4.61. The number of rotatable bonds is 2. The summed E-state index contributed by atoms with van der Waals surface area (Å²) in [5.74, 6) is 0.860. The van der Waals surface area contributed by atoms with Crippen molar-refractivity contribution >= 4 is 32.7 Å². The lowest BCUT2D eigenvalue weighted by Gasteiger charge is -2.03. The SMILES string of the molecule is O=C(c1cc2cccc(Br)c2o1)C1CCCC1. The smallest absolute Gasteiger partial charge is 0.201 e. The van der Waals surface area contributed by atoms with Gasteiger partial charge in [-0.15, -0.1) is 0 Å². The van der Waals surface area contributed by atoms with Gasteiger partial charge in [0.05, 0.1) is 4.47 Å².